The number of amides is 1. The Hall–Kier alpha value is -5.31. The van der Waals surface area contributed by atoms with Crippen LogP contribution in [0, 0.1) is 6.92 Å². The Morgan fingerprint density at radius 3 is 2.15 bits per heavy atom. The first-order valence-electron chi connectivity index (χ1n) is 12.1. The smallest absolute Gasteiger partial charge is 0.412 e. The van der Waals surface area contributed by atoms with Crippen LogP contribution >= 0.6 is 0 Å². The fourth-order valence-corrected chi connectivity index (χ4v) is 3.93. The number of carbonyl (C=O) groups excluding carboxylic acids is 1. The van der Waals surface area contributed by atoms with E-state index in [0.717, 1.165) is 22.3 Å². The summed E-state index contributed by atoms with van der Waals surface area (Å²) in [5, 5.41) is 15.7. The summed E-state index contributed by atoms with van der Waals surface area (Å²) in [7, 11) is 0. The highest BCUT2D eigenvalue weighted by Crippen LogP contribution is 2.33. The zero-order chi connectivity index (χ0) is 27.4. The topological polar surface area (TPSA) is 124 Å². The van der Waals surface area contributed by atoms with E-state index in [1.54, 1.807) is 26.0 Å². The van der Waals surface area contributed by atoms with Gasteiger partial charge in [0.1, 0.15) is 23.2 Å². The number of hydrogen-bond donors (Lipinski definition) is 2. The summed E-state index contributed by atoms with van der Waals surface area (Å²) >= 11 is 0. The first kappa shape index (κ1) is 25.3. The highest BCUT2D eigenvalue weighted by molar-refractivity contribution is 5.91. The molecule has 0 aliphatic carbocycles. The molecule has 2 aromatic heterocycles. The number of anilines is 1. The number of nitrogens with zero attached hydrogens (tertiary/aromatic N) is 1. The molecule has 5 rings (SSSR count). The van der Waals surface area contributed by atoms with Crippen LogP contribution in [-0.2, 0) is 4.74 Å². The highest BCUT2D eigenvalue weighted by atomic mass is 16.6. The van der Waals surface area contributed by atoms with Gasteiger partial charge in [-0.05, 0) is 48.7 Å². The van der Waals surface area contributed by atoms with Crippen molar-refractivity contribution in [3.05, 3.63) is 108 Å². The van der Waals surface area contributed by atoms with E-state index in [1.165, 1.54) is 12.1 Å². The predicted octanol–water partition coefficient (Wildman–Crippen LogP) is 7.71. The first-order valence-corrected chi connectivity index (χ1v) is 12.1. The third-order valence-electron chi connectivity index (χ3n) is 5.99. The summed E-state index contributed by atoms with van der Waals surface area (Å²) in [6.45, 7) is 3.55. The molecular formula is C30H24N2O7. The van der Waals surface area contributed by atoms with E-state index in [1.807, 2.05) is 66.7 Å². The summed E-state index contributed by atoms with van der Waals surface area (Å²) in [5.74, 6) is -0.339. The molecule has 3 aromatic carbocycles. The number of carboxylic acid groups (broad SMARTS) is 1. The van der Waals surface area contributed by atoms with Crippen molar-refractivity contribution in [2.24, 2.45) is 0 Å². The molecule has 0 saturated carbocycles. The third kappa shape index (κ3) is 5.83. The molecule has 0 saturated heterocycles. The van der Waals surface area contributed by atoms with E-state index >= 15 is 0 Å². The van der Waals surface area contributed by atoms with Crippen molar-refractivity contribution in [1.82, 2.24) is 5.16 Å². The fraction of sp³-hybridized carbons (Fsp3) is 0.100. The maximum absolute atomic E-state index is 12.6. The highest BCUT2D eigenvalue weighted by Gasteiger charge is 2.20. The molecule has 39 heavy (non-hydrogen) atoms. The van der Waals surface area contributed by atoms with Crippen molar-refractivity contribution >= 4 is 17.7 Å². The third-order valence-corrected chi connectivity index (χ3v) is 5.99. The van der Waals surface area contributed by atoms with E-state index < -0.39 is 18.2 Å². The number of furan rings is 1. The lowest BCUT2D eigenvalue weighted by Gasteiger charge is -2.14. The molecular weight excluding hydrogens is 500 g/mol. The van der Waals surface area contributed by atoms with Gasteiger partial charge >= 0.3 is 12.1 Å². The summed E-state index contributed by atoms with van der Waals surface area (Å²) < 4.78 is 21.8. The van der Waals surface area contributed by atoms with Crippen molar-refractivity contribution in [3.63, 3.8) is 0 Å². The minimum Gasteiger partial charge on any atom is -0.475 e. The number of rotatable bonds is 8. The predicted molar refractivity (Wildman–Crippen MR) is 143 cm³/mol. The maximum Gasteiger partial charge on any atom is 0.412 e. The van der Waals surface area contributed by atoms with E-state index in [-0.39, 0.29) is 11.7 Å². The minimum absolute atomic E-state index is 0.0923. The van der Waals surface area contributed by atoms with Gasteiger partial charge in [0.25, 0.3) is 5.95 Å². The van der Waals surface area contributed by atoms with Gasteiger partial charge in [0.05, 0.1) is 0 Å². The average molecular weight is 525 g/mol. The lowest BCUT2D eigenvalue weighted by Crippen LogP contribution is -2.16. The van der Waals surface area contributed by atoms with Crippen LogP contribution < -0.4 is 10.1 Å². The van der Waals surface area contributed by atoms with Crippen LogP contribution in [0.4, 0.5) is 10.5 Å². The molecule has 5 aromatic rings. The van der Waals surface area contributed by atoms with Gasteiger partial charge < -0.3 is 23.5 Å². The largest absolute Gasteiger partial charge is 0.475 e. The molecule has 196 valence electrons. The van der Waals surface area contributed by atoms with Gasteiger partial charge in [0.2, 0.25) is 5.76 Å². The quantitative estimate of drug-likeness (QED) is 0.211. The molecule has 0 aliphatic rings. The van der Waals surface area contributed by atoms with Gasteiger partial charge in [-0.15, -0.1) is 0 Å². The van der Waals surface area contributed by atoms with Crippen molar-refractivity contribution in [2.75, 3.05) is 5.32 Å². The molecule has 0 spiro atoms. The van der Waals surface area contributed by atoms with Gasteiger partial charge in [-0.1, -0.05) is 71.9 Å². The van der Waals surface area contributed by atoms with Crippen LogP contribution in [0.3, 0.4) is 0 Å². The number of carbonyl (C=O) groups is 2. The Labute approximate surface area is 223 Å². The molecule has 0 aliphatic heterocycles. The van der Waals surface area contributed by atoms with E-state index in [9.17, 15) is 9.59 Å². The molecule has 9 heteroatoms. The van der Waals surface area contributed by atoms with E-state index in [4.69, 9.17) is 23.5 Å². The van der Waals surface area contributed by atoms with Crippen molar-refractivity contribution in [1.29, 1.82) is 0 Å². The molecule has 2 heterocycles. The van der Waals surface area contributed by atoms with E-state index in [0.29, 0.717) is 22.9 Å². The molecule has 1 atom stereocenters. The number of ether oxygens (including phenoxy) is 2. The molecule has 2 N–H and O–H groups in total. The van der Waals surface area contributed by atoms with Gasteiger partial charge in [-0.2, -0.15) is 0 Å². The molecule has 0 fully saturated rings. The lowest BCUT2D eigenvalue weighted by molar-refractivity contribution is 0.0657. The average Bonchev–Trinajstić information content (AvgIpc) is 3.56. The second-order valence-corrected chi connectivity index (χ2v) is 8.68. The maximum atomic E-state index is 12.6. The van der Waals surface area contributed by atoms with Crippen molar-refractivity contribution in [2.45, 2.75) is 20.0 Å². The SMILES string of the molecule is Cc1noc(-c2ccc(-c3ccc(Oc4ccc(C(=O)O)o4)cc3)cc2)c1NC(=O)O[C@H](C)c1ccccc1. The van der Waals surface area contributed by atoms with Gasteiger partial charge in [-0.3, -0.25) is 5.32 Å². The Morgan fingerprint density at radius 1 is 0.872 bits per heavy atom. The number of hydrogen-bond acceptors (Lipinski definition) is 7. The number of carboxylic acids is 1. The number of aryl methyl sites for hydroxylation is 1. The molecule has 0 unspecified atom stereocenters. The molecule has 9 nitrogen and oxygen atoms in total. The number of benzene rings is 3. The van der Waals surface area contributed by atoms with Crippen LogP contribution in [0.1, 0.15) is 34.8 Å². The van der Waals surface area contributed by atoms with Gasteiger partial charge in [-0.25, -0.2) is 9.59 Å². The number of aromatic nitrogens is 1. The van der Waals surface area contributed by atoms with Crippen molar-refractivity contribution < 1.29 is 33.1 Å². The second kappa shape index (κ2) is 11.0. The van der Waals surface area contributed by atoms with Gasteiger partial charge in [0, 0.05) is 11.6 Å². The van der Waals surface area contributed by atoms with E-state index in [2.05, 4.69) is 10.5 Å². The summed E-state index contributed by atoms with van der Waals surface area (Å²) in [6.07, 6.45) is -1.03. The van der Waals surface area contributed by atoms with Crippen LogP contribution in [-0.4, -0.2) is 22.3 Å². The fourth-order valence-electron chi connectivity index (χ4n) is 3.93. The minimum atomic E-state index is -1.16. The standard InChI is InChI=1S/C30H24N2O7/c1-18-27(31-30(35)36-19(2)20-6-4-3-5-7-20)28(39-32-18)23-10-8-21(9-11-23)22-12-14-24(15-13-22)37-26-17-16-25(38-26)29(33)34/h3-17,19H,1-2H3,(H,31,35)(H,33,34)/t19-/m1/s1. The Bertz CT molecular complexity index is 1590. The summed E-state index contributed by atoms with van der Waals surface area (Å²) in [6, 6.07) is 27.1. The molecule has 0 radical (unpaired) electrons. The summed E-state index contributed by atoms with van der Waals surface area (Å²) in [5.41, 5.74) is 4.47. The Morgan fingerprint density at radius 2 is 1.51 bits per heavy atom. The zero-order valence-electron chi connectivity index (χ0n) is 21.1. The lowest BCUT2D eigenvalue weighted by atomic mass is 10.0. The van der Waals surface area contributed by atoms with Crippen LogP contribution in [0.2, 0.25) is 0 Å². The second-order valence-electron chi connectivity index (χ2n) is 8.68. The molecule has 1 amide bonds. The number of aromatic carboxylic acids is 1. The number of nitrogens with one attached hydrogen (secondary N) is 1. The Balaban J connectivity index is 1.26. The monoisotopic (exact) mass is 524 g/mol. The Kier molecular flexibility index (Phi) is 7.13. The van der Waals surface area contributed by atoms with Crippen LogP contribution in [0.25, 0.3) is 22.5 Å². The first-order chi connectivity index (χ1) is 18.9. The van der Waals surface area contributed by atoms with Crippen LogP contribution in [0.15, 0.2) is 99.9 Å². The summed E-state index contributed by atoms with van der Waals surface area (Å²) in [4.78, 5) is 23.6. The van der Waals surface area contributed by atoms with Crippen molar-refractivity contribution in [3.8, 4) is 34.1 Å². The normalized spacial score (nSPS) is 11.5. The molecule has 0 bridgehead atoms. The van der Waals surface area contributed by atoms with Gasteiger partial charge in [0.15, 0.2) is 5.76 Å². The zero-order valence-corrected chi connectivity index (χ0v) is 21.1. The van der Waals surface area contributed by atoms with Crippen LogP contribution in [0.5, 0.6) is 11.7 Å².